The van der Waals surface area contributed by atoms with Crippen LogP contribution >= 0.6 is 0 Å². The monoisotopic (exact) mass is 354 g/mol. The predicted molar refractivity (Wildman–Crippen MR) is 104 cm³/mol. The van der Waals surface area contributed by atoms with Crippen molar-refractivity contribution in [3.63, 3.8) is 0 Å². The van der Waals surface area contributed by atoms with Gasteiger partial charge in [0, 0.05) is 45.6 Å². The number of benzene rings is 1. The van der Waals surface area contributed by atoms with Gasteiger partial charge in [0.25, 0.3) is 0 Å². The van der Waals surface area contributed by atoms with Gasteiger partial charge >= 0.3 is 0 Å². The number of aryl methyl sites for hydroxylation is 1. The molecule has 0 aliphatic carbocycles. The van der Waals surface area contributed by atoms with E-state index >= 15 is 0 Å². The number of piperazine rings is 1. The first-order valence-electron chi connectivity index (χ1n) is 8.93. The number of anilines is 1. The molecule has 1 aliphatic rings. The lowest BCUT2D eigenvalue weighted by atomic mass is 10.2. The number of aromatic nitrogens is 2. The molecule has 0 amide bonds. The molecule has 0 radical (unpaired) electrons. The van der Waals surface area contributed by atoms with Crippen molar-refractivity contribution in [2.24, 2.45) is 4.99 Å². The Balaban J connectivity index is 1.41. The lowest BCUT2D eigenvalue weighted by Crippen LogP contribution is -2.53. The van der Waals surface area contributed by atoms with Gasteiger partial charge in [-0.2, -0.15) is 0 Å². The summed E-state index contributed by atoms with van der Waals surface area (Å²) in [5, 5.41) is 3.38. The number of nitrogens with zero attached hydrogens (tertiary/aromatic N) is 5. The van der Waals surface area contributed by atoms with Crippen LogP contribution in [0.15, 0.2) is 47.7 Å². The van der Waals surface area contributed by atoms with Gasteiger partial charge in [-0.1, -0.05) is 17.7 Å². The van der Waals surface area contributed by atoms with Crippen LogP contribution in [-0.2, 0) is 0 Å². The second-order valence-corrected chi connectivity index (χ2v) is 6.16. The smallest absolute Gasteiger partial charge is 0.225 e. The zero-order valence-electron chi connectivity index (χ0n) is 15.4. The molecule has 2 heterocycles. The van der Waals surface area contributed by atoms with Crippen LogP contribution in [0.2, 0.25) is 0 Å². The molecule has 1 fully saturated rings. The molecule has 0 saturated carbocycles. The van der Waals surface area contributed by atoms with E-state index in [0.29, 0.717) is 13.2 Å². The highest BCUT2D eigenvalue weighted by Gasteiger charge is 2.20. The van der Waals surface area contributed by atoms with Crippen LogP contribution in [0, 0.1) is 6.92 Å². The SMILES string of the molecule is CN=C(NCCOc1ccc(C)cc1)N1CCN(c2ncccn2)CC1. The average molecular weight is 354 g/mol. The summed E-state index contributed by atoms with van der Waals surface area (Å²) in [6, 6.07) is 9.93. The Kier molecular flexibility index (Phi) is 6.24. The largest absolute Gasteiger partial charge is 0.492 e. The van der Waals surface area contributed by atoms with Crippen molar-refractivity contribution in [2.45, 2.75) is 6.92 Å². The van der Waals surface area contributed by atoms with Crippen LogP contribution in [0.4, 0.5) is 5.95 Å². The third-order valence-electron chi connectivity index (χ3n) is 4.30. The minimum atomic E-state index is 0.597. The molecule has 138 valence electrons. The topological polar surface area (TPSA) is 65.9 Å². The Bertz CT molecular complexity index is 696. The number of hydrogen-bond acceptors (Lipinski definition) is 5. The minimum absolute atomic E-state index is 0.597. The molecule has 0 spiro atoms. The van der Waals surface area contributed by atoms with Gasteiger partial charge in [-0.15, -0.1) is 0 Å². The average Bonchev–Trinajstić information content (AvgIpc) is 2.70. The molecule has 1 saturated heterocycles. The fourth-order valence-corrected chi connectivity index (χ4v) is 2.87. The van der Waals surface area contributed by atoms with Crippen molar-refractivity contribution in [3.05, 3.63) is 48.3 Å². The summed E-state index contributed by atoms with van der Waals surface area (Å²) in [4.78, 5) is 17.5. The standard InChI is InChI=1S/C19H26N6O/c1-16-4-6-17(7-5-16)26-15-10-23-18(20-2)24-11-13-25(14-12-24)19-21-8-3-9-22-19/h3-9H,10-15H2,1-2H3,(H,20,23). The maximum Gasteiger partial charge on any atom is 0.225 e. The molecule has 0 atom stereocenters. The van der Waals surface area contributed by atoms with Crippen LogP contribution in [0.3, 0.4) is 0 Å². The van der Waals surface area contributed by atoms with Gasteiger partial charge in [0.2, 0.25) is 5.95 Å². The normalized spacial score (nSPS) is 15.1. The number of rotatable bonds is 5. The predicted octanol–water partition coefficient (Wildman–Crippen LogP) is 1.56. The molecule has 2 aromatic rings. The van der Waals surface area contributed by atoms with E-state index in [0.717, 1.165) is 43.8 Å². The summed E-state index contributed by atoms with van der Waals surface area (Å²) in [6.07, 6.45) is 3.56. The first-order chi connectivity index (χ1) is 12.8. The van der Waals surface area contributed by atoms with Gasteiger partial charge in [-0.25, -0.2) is 9.97 Å². The second kappa shape index (κ2) is 9.03. The lowest BCUT2D eigenvalue weighted by molar-refractivity contribution is 0.314. The maximum atomic E-state index is 5.76. The van der Waals surface area contributed by atoms with Crippen molar-refractivity contribution in [2.75, 3.05) is 51.3 Å². The number of nitrogens with one attached hydrogen (secondary N) is 1. The summed E-state index contributed by atoms with van der Waals surface area (Å²) < 4.78 is 5.76. The number of aliphatic imine (C=N–C) groups is 1. The summed E-state index contributed by atoms with van der Waals surface area (Å²) in [5.41, 5.74) is 1.23. The Hall–Kier alpha value is -2.83. The Morgan fingerprint density at radius 1 is 1.12 bits per heavy atom. The van der Waals surface area contributed by atoms with E-state index in [-0.39, 0.29) is 0 Å². The second-order valence-electron chi connectivity index (χ2n) is 6.16. The van der Waals surface area contributed by atoms with Crippen molar-refractivity contribution in [1.29, 1.82) is 0 Å². The molecule has 7 nitrogen and oxygen atoms in total. The third kappa shape index (κ3) is 4.84. The van der Waals surface area contributed by atoms with E-state index in [2.05, 4.69) is 49.1 Å². The molecule has 0 unspecified atom stereocenters. The van der Waals surface area contributed by atoms with Crippen LogP contribution in [0.1, 0.15) is 5.56 Å². The molecular formula is C19H26N6O. The van der Waals surface area contributed by atoms with Crippen molar-refractivity contribution < 1.29 is 4.74 Å². The van der Waals surface area contributed by atoms with Crippen molar-refractivity contribution in [1.82, 2.24) is 20.2 Å². The summed E-state index contributed by atoms with van der Waals surface area (Å²) in [5.74, 6) is 2.59. The molecule has 3 rings (SSSR count). The molecule has 1 aliphatic heterocycles. The third-order valence-corrected chi connectivity index (χ3v) is 4.30. The Morgan fingerprint density at radius 3 is 2.46 bits per heavy atom. The fourth-order valence-electron chi connectivity index (χ4n) is 2.87. The van der Waals surface area contributed by atoms with Crippen LogP contribution in [-0.4, -0.2) is 67.2 Å². The maximum absolute atomic E-state index is 5.76. The van der Waals surface area contributed by atoms with Crippen molar-refractivity contribution >= 4 is 11.9 Å². The summed E-state index contributed by atoms with van der Waals surface area (Å²) in [7, 11) is 1.82. The van der Waals surface area contributed by atoms with E-state index in [4.69, 9.17) is 4.74 Å². The number of ether oxygens (including phenoxy) is 1. The zero-order chi connectivity index (χ0) is 18.2. The Labute approximate surface area is 154 Å². The van der Waals surface area contributed by atoms with Crippen LogP contribution < -0.4 is 15.0 Å². The highest BCUT2D eigenvalue weighted by atomic mass is 16.5. The van der Waals surface area contributed by atoms with Gasteiger partial charge in [-0.3, -0.25) is 4.99 Å². The molecule has 0 bridgehead atoms. The molecule has 1 aromatic carbocycles. The highest BCUT2D eigenvalue weighted by molar-refractivity contribution is 5.80. The lowest BCUT2D eigenvalue weighted by Gasteiger charge is -2.36. The van der Waals surface area contributed by atoms with E-state index in [9.17, 15) is 0 Å². The molecular weight excluding hydrogens is 328 g/mol. The van der Waals surface area contributed by atoms with Crippen molar-refractivity contribution in [3.8, 4) is 5.75 Å². The van der Waals surface area contributed by atoms with Gasteiger partial charge < -0.3 is 19.9 Å². The molecule has 1 N–H and O–H groups in total. The van der Waals surface area contributed by atoms with Crippen LogP contribution in [0.5, 0.6) is 5.75 Å². The van der Waals surface area contributed by atoms with E-state index in [1.54, 1.807) is 12.4 Å². The van der Waals surface area contributed by atoms with Crippen LogP contribution in [0.25, 0.3) is 0 Å². The fraction of sp³-hybridized carbons (Fsp3) is 0.421. The first kappa shape index (κ1) is 18.0. The molecule has 26 heavy (non-hydrogen) atoms. The molecule has 7 heteroatoms. The summed E-state index contributed by atoms with van der Waals surface area (Å²) >= 11 is 0. The zero-order valence-corrected chi connectivity index (χ0v) is 15.4. The van der Waals surface area contributed by atoms with Gasteiger partial charge in [0.15, 0.2) is 5.96 Å². The number of hydrogen-bond donors (Lipinski definition) is 1. The molecule has 1 aromatic heterocycles. The van der Waals surface area contributed by atoms with Gasteiger partial charge in [-0.05, 0) is 25.1 Å². The Morgan fingerprint density at radius 2 is 1.81 bits per heavy atom. The van der Waals surface area contributed by atoms with E-state index in [1.807, 2.05) is 25.2 Å². The minimum Gasteiger partial charge on any atom is -0.492 e. The first-order valence-corrected chi connectivity index (χ1v) is 8.93. The van der Waals surface area contributed by atoms with Gasteiger partial charge in [0.05, 0.1) is 6.54 Å². The number of guanidine groups is 1. The highest BCUT2D eigenvalue weighted by Crippen LogP contribution is 2.11. The van der Waals surface area contributed by atoms with Gasteiger partial charge in [0.1, 0.15) is 12.4 Å². The quantitative estimate of drug-likeness (QED) is 0.499. The van der Waals surface area contributed by atoms with E-state index in [1.165, 1.54) is 5.56 Å². The summed E-state index contributed by atoms with van der Waals surface area (Å²) in [6.45, 7) is 6.91. The van der Waals surface area contributed by atoms with E-state index < -0.39 is 0 Å².